The topological polar surface area (TPSA) is 73.1 Å². The Labute approximate surface area is 164 Å². The molecular formula is C20H17N5O2S. The Hall–Kier alpha value is -2.84. The molecule has 1 amide bonds. The van der Waals surface area contributed by atoms with Crippen LogP contribution in [-0.4, -0.2) is 55.9 Å². The van der Waals surface area contributed by atoms with Crippen LogP contribution in [0.15, 0.2) is 36.7 Å². The number of ether oxygens (including phenoxy) is 1. The second kappa shape index (κ2) is 5.83. The minimum absolute atomic E-state index is 0.0961. The SMILES string of the molecule is Cn1cc2cc(-c3ccc4cc(C(=O)N5CCO[C@@H]6C[C@@H]65)sc4n3)cnc2n1. The van der Waals surface area contributed by atoms with Gasteiger partial charge < -0.3 is 9.64 Å². The molecule has 2 atom stereocenters. The third kappa shape index (κ3) is 2.52. The fourth-order valence-corrected chi connectivity index (χ4v) is 4.87. The monoisotopic (exact) mass is 391 g/mol. The zero-order valence-corrected chi connectivity index (χ0v) is 16.0. The number of carbonyl (C=O) groups excluding carboxylic acids is 1. The standard InChI is InChI=1S/C20H17N5O2S/c1-24-10-13-6-12(9-21-18(13)23-24)14-3-2-11-7-17(28-19(11)22-14)20(26)25-4-5-27-16-8-15(16)25/h2-3,6-7,9-10,15-16H,4-5,8H2,1H3/t15-,16+/m0/s1. The number of hydrogen-bond donors (Lipinski definition) is 0. The molecule has 1 aliphatic heterocycles. The van der Waals surface area contributed by atoms with Crippen LogP contribution in [0, 0.1) is 0 Å². The number of rotatable bonds is 2. The van der Waals surface area contributed by atoms with Crippen LogP contribution in [0.4, 0.5) is 0 Å². The van der Waals surface area contributed by atoms with E-state index in [-0.39, 0.29) is 18.1 Å². The Balaban J connectivity index is 1.35. The number of amides is 1. The van der Waals surface area contributed by atoms with Crippen molar-refractivity contribution in [3.05, 3.63) is 41.5 Å². The highest BCUT2D eigenvalue weighted by atomic mass is 32.1. The van der Waals surface area contributed by atoms with Crippen molar-refractivity contribution >= 4 is 38.5 Å². The van der Waals surface area contributed by atoms with Crippen LogP contribution in [-0.2, 0) is 11.8 Å². The fraction of sp³-hybridized carbons (Fsp3) is 0.300. The van der Waals surface area contributed by atoms with E-state index in [4.69, 9.17) is 9.72 Å². The first-order valence-corrected chi connectivity index (χ1v) is 10.1. The van der Waals surface area contributed by atoms with E-state index in [1.54, 1.807) is 10.9 Å². The lowest BCUT2D eigenvalue weighted by molar-refractivity contribution is 0.0265. The molecule has 0 N–H and O–H groups in total. The van der Waals surface area contributed by atoms with E-state index in [1.807, 2.05) is 42.4 Å². The van der Waals surface area contributed by atoms with E-state index < -0.39 is 0 Å². The molecule has 0 aromatic carbocycles. The molecule has 5 heterocycles. The van der Waals surface area contributed by atoms with Crippen LogP contribution in [0.25, 0.3) is 32.5 Å². The molecule has 0 spiro atoms. The van der Waals surface area contributed by atoms with Crippen LogP contribution in [0.3, 0.4) is 0 Å². The van der Waals surface area contributed by atoms with Crippen molar-refractivity contribution in [2.45, 2.75) is 18.6 Å². The summed E-state index contributed by atoms with van der Waals surface area (Å²) in [7, 11) is 1.88. The Bertz CT molecular complexity index is 1250. The molecule has 0 unspecified atom stereocenters. The van der Waals surface area contributed by atoms with Crippen molar-refractivity contribution in [2.75, 3.05) is 13.2 Å². The number of carbonyl (C=O) groups is 1. The number of aromatic nitrogens is 4. The molecule has 1 saturated heterocycles. The molecular weight excluding hydrogens is 374 g/mol. The van der Waals surface area contributed by atoms with E-state index >= 15 is 0 Å². The summed E-state index contributed by atoms with van der Waals surface area (Å²) in [4.78, 5) is 25.7. The maximum atomic E-state index is 12.9. The Morgan fingerprint density at radius 2 is 2.21 bits per heavy atom. The fourth-order valence-electron chi connectivity index (χ4n) is 3.89. The summed E-state index contributed by atoms with van der Waals surface area (Å²) in [5, 5.41) is 6.29. The van der Waals surface area contributed by atoms with Gasteiger partial charge in [-0.2, -0.15) is 5.10 Å². The van der Waals surface area contributed by atoms with Crippen molar-refractivity contribution in [3.63, 3.8) is 0 Å². The predicted octanol–water partition coefficient (Wildman–Crippen LogP) is 2.86. The van der Waals surface area contributed by atoms with Crippen LogP contribution < -0.4 is 0 Å². The lowest BCUT2D eigenvalue weighted by Crippen LogP contribution is -2.40. The molecule has 28 heavy (non-hydrogen) atoms. The zero-order valence-electron chi connectivity index (χ0n) is 15.2. The Morgan fingerprint density at radius 1 is 1.29 bits per heavy atom. The lowest BCUT2D eigenvalue weighted by atomic mass is 10.1. The van der Waals surface area contributed by atoms with Gasteiger partial charge in [0, 0.05) is 42.3 Å². The van der Waals surface area contributed by atoms with Crippen LogP contribution in [0.5, 0.6) is 0 Å². The van der Waals surface area contributed by atoms with Crippen molar-refractivity contribution < 1.29 is 9.53 Å². The number of hydrogen-bond acceptors (Lipinski definition) is 6. The second-order valence-electron chi connectivity index (χ2n) is 7.35. The first kappa shape index (κ1) is 16.1. The van der Waals surface area contributed by atoms with Crippen molar-refractivity contribution in [1.29, 1.82) is 0 Å². The number of pyridine rings is 2. The van der Waals surface area contributed by atoms with E-state index in [9.17, 15) is 4.79 Å². The van der Waals surface area contributed by atoms with Gasteiger partial charge in [-0.15, -0.1) is 11.3 Å². The summed E-state index contributed by atoms with van der Waals surface area (Å²) in [6.45, 7) is 1.30. The third-order valence-electron chi connectivity index (χ3n) is 5.39. The number of nitrogens with zero attached hydrogens (tertiary/aromatic N) is 5. The summed E-state index contributed by atoms with van der Waals surface area (Å²) in [6, 6.07) is 8.26. The lowest BCUT2D eigenvalue weighted by Gasteiger charge is -2.26. The number of thiophene rings is 1. The van der Waals surface area contributed by atoms with Gasteiger partial charge in [-0.3, -0.25) is 9.48 Å². The van der Waals surface area contributed by atoms with Crippen molar-refractivity contribution in [2.24, 2.45) is 7.05 Å². The van der Waals surface area contributed by atoms with Gasteiger partial charge in [-0.1, -0.05) is 0 Å². The predicted molar refractivity (Wildman–Crippen MR) is 106 cm³/mol. The average Bonchev–Trinajstić information content (AvgIpc) is 3.22. The molecule has 0 bridgehead atoms. The van der Waals surface area contributed by atoms with Crippen molar-refractivity contribution in [1.82, 2.24) is 24.6 Å². The summed E-state index contributed by atoms with van der Waals surface area (Å²) in [5.41, 5.74) is 2.51. The average molecular weight is 391 g/mol. The zero-order chi connectivity index (χ0) is 18.8. The summed E-state index contributed by atoms with van der Waals surface area (Å²) in [5.74, 6) is 0.0961. The maximum absolute atomic E-state index is 12.9. The highest BCUT2D eigenvalue weighted by Crippen LogP contribution is 2.37. The first-order chi connectivity index (χ1) is 13.7. The molecule has 1 saturated carbocycles. The van der Waals surface area contributed by atoms with Gasteiger partial charge in [0.05, 0.1) is 29.3 Å². The van der Waals surface area contributed by atoms with Crippen molar-refractivity contribution in [3.8, 4) is 11.3 Å². The molecule has 2 fully saturated rings. The van der Waals surface area contributed by atoms with Crippen LogP contribution >= 0.6 is 11.3 Å². The molecule has 1 aliphatic carbocycles. The minimum Gasteiger partial charge on any atom is -0.374 e. The number of fused-ring (bicyclic) bond motifs is 3. The van der Waals surface area contributed by atoms with Crippen LogP contribution in [0.1, 0.15) is 16.1 Å². The van der Waals surface area contributed by atoms with Gasteiger partial charge in [0.25, 0.3) is 5.91 Å². The second-order valence-corrected chi connectivity index (χ2v) is 8.38. The molecule has 8 heteroatoms. The van der Waals surface area contributed by atoms with Gasteiger partial charge >= 0.3 is 0 Å². The van der Waals surface area contributed by atoms with E-state index in [1.165, 1.54) is 11.3 Å². The molecule has 0 radical (unpaired) electrons. The maximum Gasteiger partial charge on any atom is 0.264 e. The Kier molecular flexibility index (Phi) is 3.36. The Morgan fingerprint density at radius 3 is 3.14 bits per heavy atom. The van der Waals surface area contributed by atoms with E-state index in [0.29, 0.717) is 13.2 Å². The van der Waals surface area contributed by atoms with E-state index in [2.05, 4.69) is 10.1 Å². The first-order valence-electron chi connectivity index (χ1n) is 9.29. The van der Waals surface area contributed by atoms with Gasteiger partial charge in [0.2, 0.25) is 0 Å². The highest BCUT2D eigenvalue weighted by Gasteiger charge is 2.48. The van der Waals surface area contributed by atoms with Gasteiger partial charge in [-0.25, -0.2) is 9.97 Å². The van der Waals surface area contributed by atoms with Gasteiger partial charge in [0.1, 0.15) is 4.83 Å². The van der Waals surface area contributed by atoms with Crippen LogP contribution in [0.2, 0.25) is 0 Å². The molecule has 7 nitrogen and oxygen atoms in total. The summed E-state index contributed by atoms with van der Waals surface area (Å²) < 4.78 is 7.36. The van der Waals surface area contributed by atoms with Gasteiger partial charge in [0.15, 0.2) is 5.65 Å². The molecule has 140 valence electrons. The summed E-state index contributed by atoms with van der Waals surface area (Å²) in [6.07, 6.45) is 4.94. The molecule has 4 aromatic rings. The molecule has 4 aromatic heterocycles. The summed E-state index contributed by atoms with van der Waals surface area (Å²) >= 11 is 1.46. The number of aryl methyl sites for hydroxylation is 1. The molecule has 2 aliphatic rings. The normalized spacial score (nSPS) is 21.2. The smallest absolute Gasteiger partial charge is 0.264 e. The highest BCUT2D eigenvalue weighted by molar-refractivity contribution is 7.20. The quantitative estimate of drug-likeness (QED) is 0.525. The number of morpholine rings is 1. The van der Waals surface area contributed by atoms with Gasteiger partial charge in [-0.05, 0) is 30.7 Å². The molecule has 6 rings (SSSR count). The van der Waals surface area contributed by atoms with E-state index in [0.717, 1.165) is 43.8 Å². The largest absolute Gasteiger partial charge is 0.374 e. The minimum atomic E-state index is 0.0961. The third-order valence-corrected chi connectivity index (χ3v) is 6.42.